The lowest BCUT2D eigenvalue weighted by Gasteiger charge is -2.36. The minimum Gasteiger partial charge on any atom is -0.483 e. The maximum atomic E-state index is 13.3. The van der Waals surface area contributed by atoms with Gasteiger partial charge in [0.15, 0.2) is 0 Å². The summed E-state index contributed by atoms with van der Waals surface area (Å²) in [6.45, 7) is 7.22. The van der Waals surface area contributed by atoms with Crippen LogP contribution in [0.5, 0.6) is 0 Å². The highest BCUT2D eigenvalue weighted by atomic mass is 16.6. The zero-order chi connectivity index (χ0) is 26.1. The van der Waals surface area contributed by atoms with E-state index in [2.05, 4.69) is 65.3 Å². The largest absolute Gasteiger partial charge is 0.483 e. The van der Waals surface area contributed by atoms with E-state index in [-0.39, 0.29) is 18.5 Å². The molecule has 0 radical (unpaired) electrons. The molecule has 1 unspecified atom stereocenters. The van der Waals surface area contributed by atoms with Gasteiger partial charge in [0, 0.05) is 38.3 Å². The molecule has 2 heterocycles. The summed E-state index contributed by atoms with van der Waals surface area (Å²) >= 11 is 0. The standard InChI is InChI=1S/C30H34N2O2.CH2O2/c1-24-14-16-27(17-15-24)32-21-19-31(20-22-32)18-8-13-28-23-30(29(33)34-28,25-9-4-2-5-10-25)26-11-6-3-7-12-26;2-1-3/h2-7,9-12,14-17,28H,8,13,18-23H2,1H3;1H,(H,2,3). The molecule has 0 saturated carbocycles. The molecule has 0 aliphatic carbocycles. The zero-order valence-electron chi connectivity index (χ0n) is 21.5. The fourth-order valence-corrected chi connectivity index (χ4v) is 5.49. The Morgan fingerprint density at radius 2 is 1.43 bits per heavy atom. The molecule has 37 heavy (non-hydrogen) atoms. The van der Waals surface area contributed by atoms with Gasteiger partial charge >= 0.3 is 5.97 Å². The zero-order valence-corrected chi connectivity index (χ0v) is 21.5. The molecule has 3 aromatic rings. The summed E-state index contributed by atoms with van der Waals surface area (Å²) in [7, 11) is 0. The molecular formula is C31H36N2O4. The molecule has 0 aromatic heterocycles. The Bertz CT molecular complexity index is 1090. The number of carbonyl (C=O) groups is 2. The van der Waals surface area contributed by atoms with Crippen molar-refractivity contribution in [2.45, 2.75) is 37.7 Å². The molecule has 5 rings (SSSR count). The highest BCUT2D eigenvalue weighted by Crippen LogP contribution is 2.44. The molecular weight excluding hydrogens is 464 g/mol. The number of carboxylic acid groups (broad SMARTS) is 1. The van der Waals surface area contributed by atoms with Crippen LogP contribution in [0.3, 0.4) is 0 Å². The van der Waals surface area contributed by atoms with Crippen LogP contribution in [0.4, 0.5) is 5.69 Å². The molecule has 2 aliphatic rings. The molecule has 194 valence electrons. The predicted molar refractivity (Wildman–Crippen MR) is 146 cm³/mol. The molecule has 0 spiro atoms. The summed E-state index contributed by atoms with van der Waals surface area (Å²) in [5.41, 5.74) is 3.98. The summed E-state index contributed by atoms with van der Waals surface area (Å²) < 4.78 is 5.99. The van der Waals surface area contributed by atoms with Gasteiger partial charge in [0.25, 0.3) is 6.47 Å². The molecule has 3 aromatic carbocycles. The van der Waals surface area contributed by atoms with Crippen molar-refractivity contribution in [2.75, 3.05) is 37.6 Å². The summed E-state index contributed by atoms with van der Waals surface area (Å²) in [5.74, 6) is -0.110. The van der Waals surface area contributed by atoms with Crippen LogP contribution in [0, 0.1) is 6.92 Å². The number of nitrogens with zero attached hydrogens (tertiary/aromatic N) is 2. The van der Waals surface area contributed by atoms with Crippen molar-refractivity contribution in [1.82, 2.24) is 4.90 Å². The van der Waals surface area contributed by atoms with E-state index in [1.165, 1.54) is 11.3 Å². The number of carbonyl (C=O) groups excluding carboxylic acids is 1. The molecule has 2 saturated heterocycles. The Balaban J connectivity index is 0.00000102. The number of esters is 1. The van der Waals surface area contributed by atoms with Crippen LogP contribution in [-0.4, -0.2) is 61.3 Å². The first-order valence-corrected chi connectivity index (χ1v) is 13.0. The van der Waals surface area contributed by atoms with Gasteiger partial charge in [-0.15, -0.1) is 0 Å². The van der Waals surface area contributed by atoms with Crippen LogP contribution in [0.15, 0.2) is 84.9 Å². The second-order valence-electron chi connectivity index (χ2n) is 9.78. The number of hydrogen-bond acceptors (Lipinski definition) is 5. The molecule has 2 aliphatic heterocycles. The van der Waals surface area contributed by atoms with Gasteiger partial charge in [0.2, 0.25) is 0 Å². The molecule has 0 bridgehead atoms. The Labute approximate surface area is 219 Å². The van der Waals surface area contributed by atoms with E-state index in [4.69, 9.17) is 14.6 Å². The minimum atomic E-state index is -0.702. The third kappa shape index (κ3) is 6.20. The predicted octanol–water partition coefficient (Wildman–Crippen LogP) is 4.90. The van der Waals surface area contributed by atoms with Gasteiger partial charge in [0.05, 0.1) is 0 Å². The van der Waals surface area contributed by atoms with Gasteiger partial charge in [-0.2, -0.15) is 0 Å². The number of rotatable bonds is 7. The minimum absolute atomic E-state index is 0.0400. The molecule has 2 fully saturated rings. The maximum Gasteiger partial charge on any atom is 0.321 e. The van der Waals surface area contributed by atoms with Crippen molar-refractivity contribution in [2.24, 2.45) is 0 Å². The first kappa shape index (κ1) is 26.4. The lowest BCUT2D eigenvalue weighted by Crippen LogP contribution is -2.46. The first-order valence-electron chi connectivity index (χ1n) is 13.0. The maximum absolute atomic E-state index is 13.3. The van der Waals surface area contributed by atoms with E-state index >= 15 is 0 Å². The van der Waals surface area contributed by atoms with Crippen LogP contribution in [0.2, 0.25) is 0 Å². The lowest BCUT2D eigenvalue weighted by atomic mass is 9.72. The second-order valence-corrected chi connectivity index (χ2v) is 9.78. The third-order valence-electron chi connectivity index (χ3n) is 7.46. The van der Waals surface area contributed by atoms with Crippen molar-refractivity contribution in [3.63, 3.8) is 0 Å². The number of ether oxygens (including phenoxy) is 1. The number of hydrogen-bond donors (Lipinski definition) is 1. The van der Waals surface area contributed by atoms with Crippen molar-refractivity contribution in [3.8, 4) is 0 Å². The smallest absolute Gasteiger partial charge is 0.321 e. The van der Waals surface area contributed by atoms with E-state index in [1.54, 1.807) is 0 Å². The van der Waals surface area contributed by atoms with Gasteiger partial charge < -0.3 is 14.7 Å². The van der Waals surface area contributed by atoms with Crippen molar-refractivity contribution >= 4 is 18.1 Å². The van der Waals surface area contributed by atoms with Crippen LogP contribution in [0.25, 0.3) is 0 Å². The van der Waals surface area contributed by atoms with Crippen LogP contribution >= 0.6 is 0 Å². The summed E-state index contributed by atoms with van der Waals surface area (Å²) in [6.07, 6.45) is 2.62. The first-order chi connectivity index (χ1) is 18.1. The van der Waals surface area contributed by atoms with Crippen LogP contribution in [0.1, 0.15) is 36.0 Å². The number of piperazine rings is 1. The highest BCUT2D eigenvalue weighted by Gasteiger charge is 2.51. The van der Waals surface area contributed by atoms with Gasteiger partial charge in [-0.1, -0.05) is 78.4 Å². The van der Waals surface area contributed by atoms with E-state index < -0.39 is 5.41 Å². The Morgan fingerprint density at radius 3 is 1.97 bits per heavy atom. The normalized spacial score (nSPS) is 19.0. The van der Waals surface area contributed by atoms with Gasteiger partial charge in [-0.05, 0) is 49.6 Å². The van der Waals surface area contributed by atoms with Gasteiger partial charge in [0.1, 0.15) is 11.5 Å². The number of aryl methyl sites for hydroxylation is 1. The topological polar surface area (TPSA) is 70.1 Å². The average molecular weight is 501 g/mol. The Morgan fingerprint density at radius 1 is 0.892 bits per heavy atom. The number of benzene rings is 3. The summed E-state index contributed by atoms with van der Waals surface area (Å²) in [4.78, 5) is 26.7. The summed E-state index contributed by atoms with van der Waals surface area (Å²) in [5, 5.41) is 6.89. The van der Waals surface area contributed by atoms with E-state index in [0.29, 0.717) is 6.42 Å². The summed E-state index contributed by atoms with van der Waals surface area (Å²) in [6, 6.07) is 29.1. The molecule has 6 nitrogen and oxygen atoms in total. The Hall–Kier alpha value is -3.64. The molecule has 1 atom stereocenters. The van der Waals surface area contributed by atoms with Crippen molar-refractivity contribution < 1.29 is 19.4 Å². The second kappa shape index (κ2) is 12.5. The Kier molecular flexibility index (Phi) is 8.96. The van der Waals surface area contributed by atoms with Gasteiger partial charge in [-0.3, -0.25) is 14.5 Å². The fraction of sp³-hybridized carbons (Fsp3) is 0.355. The molecule has 0 amide bonds. The van der Waals surface area contributed by atoms with Crippen LogP contribution in [-0.2, 0) is 19.7 Å². The van der Waals surface area contributed by atoms with Crippen LogP contribution < -0.4 is 4.90 Å². The van der Waals surface area contributed by atoms with Gasteiger partial charge in [-0.25, -0.2) is 0 Å². The van der Waals surface area contributed by atoms with E-state index in [9.17, 15) is 4.79 Å². The van der Waals surface area contributed by atoms with Crippen molar-refractivity contribution in [3.05, 3.63) is 102 Å². The number of cyclic esters (lactones) is 1. The van der Waals surface area contributed by atoms with E-state index in [1.807, 2.05) is 36.4 Å². The molecule has 6 heteroatoms. The third-order valence-corrected chi connectivity index (χ3v) is 7.46. The van der Waals surface area contributed by atoms with Crippen molar-refractivity contribution in [1.29, 1.82) is 0 Å². The monoisotopic (exact) mass is 500 g/mol. The highest BCUT2D eigenvalue weighted by molar-refractivity contribution is 5.89. The van der Waals surface area contributed by atoms with E-state index in [0.717, 1.165) is 56.7 Å². The molecule has 1 N–H and O–H groups in total. The number of anilines is 1. The quantitative estimate of drug-likeness (QED) is 0.368. The fourth-order valence-electron chi connectivity index (χ4n) is 5.49. The lowest BCUT2D eigenvalue weighted by molar-refractivity contribution is -0.144. The average Bonchev–Trinajstić information content (AvgIpc) is 3.28. The SMILES string of the molecule is Cc1ccc(N2CCN(CCCC3CC(c4ccccc4)(c4ccccc4)C(=O)O3)CC2)cc1.O=CO.